The number of fused-ring (bicyclic) bond motifs is 3. The highest BCUT2D eigenvalue weighted by atomic mass is 35.5. The average molecular weight is 284 g/mol. The molecule has 104 valence electrons. The summed E-state index contributed by atoms with van der Waals surface area (Å²) >= 11 is 6.00. The molecule has 2 bridgehead atoms. The van der Waals surface area contributed by atoms with Crippen LogP contribution in [-0.4, -0.2) is 54.6 Å². The summed E-state index contributed by atoms with van der Waals surface area (Å²) < 4.78 is 13.4. The zero-order valence-corrected chi connectivity index (χ0v) is 11.6. The summed E-state index contributed by atoms with van der Waals surface area (Å²) in [4.78, 5) is 4.91. The van der Waals surface area contributed by atoms with E-state index in [9.17, 15) is 4.39 Å². The molecule has 2 atom stereocenters. The monoisotopic (exact) mass is 283 g/mol. The van der Waals surface area contributed by atoms with Crippen molar-refractivity contribution >= 4 is 11.6 Å². The average Bonchev–Trinajstić information content (AvgIpc) is 2.45. The second-order valence-corrected chi connectivity index (χ2v) is 5.86. The molecule has 1 aromatic rings. The molecule has 3 fully saturated rings. The van der Waals surface area contributed by atoms with Gasteiger partial charge >= 0.3 is 0 Å². The Morgan fingerprint density at radius 3 is 2.68 bits per heavy atom. The summed E-state index contributed by atoms with van der Waals surface area (Å²) in [5.74, 6) is -0.361. The first-order chi connectivity index (χ1) is 9.15. The summed E-state index contributed by atoms with van der Waals surface area (Å²) in [6.07, 6.45) is 0.631. The zero-order chi connectivity index (χ0) is 13.4. The van der Waals surface area contributed by atoms with Crippen molar-refractivity contribution in [2.45, 2.75) is 18.5 Å². The van der Waals surface area contributed by atoms with Crippen LogP contribution in [0.4, 0.5) is 4.39 Å². The third-order valence-corrected chi connectivity index (χ3v) is 4.73. The van der Waals surface area contributed by atoms with Gasteiger partial charge in [0, 0.05) is 44.8 Å². The molecule has 19 heavy (non-hydrogen) atoms. The maximum atomic E-state index is 13.4. The van der Waals surface area contributed by atoms with Crippen LogP contribution in [0.15, 0.2) is 18.2 Å². The highest BCUT2D eigenvalue weighted by Gasteiger charge is 2.35. The SMILES string of the molecule is NC(Cc1cccc(F)c1Cl)C1CN2CCN1CC2. The van der Waals surface area contributed by atoms with E-state index >= 15 is 0 Å². The molecular weight excluding hydrogens is 265 g/mol. The van der Waals surface area contributed by atoms with Gasteiger partial charge in [-0.25, -0.2) is 4.39 Å². The molecule has 5 heteroatoms. The first kappa shape index (κ1) is 13.3. The molecule has 0 aliphatic carbocycles. The molecule has 0 aromatic heterocycles. The van der Waals surface area contributed by atoms with Crippen LogP contribution < -0.4 is 5.73 Å². The van der Waals surface area contributed by atoms with Crippen LogP contribution in [0, 0.1) is 5.82 Å². The van der Waals surface area contributed by atoms with Gasteiger partial charge < -0.3 is 5.73 Å². The first-order valence-corrected chi connectivity index (χ1v) is 7.18. The second-order valence-electron chi connectivity index (χ2n) is 5.48. The van der Waals surface area contributed by atoms with Gasteiger partial charge in [-0.2, -0.15) is 0 Å². The molecule has 3 aliphatic heterocycles. The van der Waals surface area contributed by atoms with Gasteiger partial charge in [-0.3, -0.25) is 9.80 Å². The summed E-state index contributed by atoms with van der Waals surface area (Å²) in [5.41, 5.74) is 7.15. The number of nitrogens with zero attached hydrogens (tertiary/aromatic N) is 2. The maximum Gasteiger partial charge on any atom is 0.142 e. The molecule has 3 aliphatic rings. The normalized spacial score (nSPS) is 31.4. The van der Waals surface area contributed by atoms with Crippen LogP contribution in [0.1, 0.15) is 5.56 Å². The van der Waals surface area contributed by atoms with Crippen LogP contribution in [0.25, 0.3) is 0 Å². The largest absolute Gasteiger partial charge is 0.326 e. The van der Waals surface area contributed by atoms with Gasteiger partial charge in [0.15, 0.2) is 0 Å². The van der Waals surface area contributed by atoms with Crippen molar-refractivity contribution in [2.75, 3.05) is 32.7 Å². The van der Waals surface area contributed by atoms with Crippen LogP contribution in [0.3, 0.4) is 0 Å². The Hall–Kier alpha value is -0.680. The van der Waals surface area contributed by atoms with E-state index in [1.165, 1.54) is 6.07 Å². The van der Waals surface area contributed by atoms with E-state index in [1.807, 2.05) is 6.07 Å². The molecule has 0 radical (unpaired) electrons. The Bertz CT molecular complexity index is 460. The molecule has 2 unspecified atom stereocenters. The lowest BCUT2D eigenvalue weighted by Gasteiger charge is -2.49. The first-order valence-electron chi connectivity index (χ1n) is 6.80. The Labute approximate surface area is 118 Å². The topological polar surface area (TPSA) is 32.5 Å². The van der Waals surface area contributed by atoms with E-state index in [2.05, 4.69) is 9.80 Å². The lowest BCUT2D eigenvalue weighted by atomic mass is 9.95. The number of hydrogen-bond acceptors (Lipinski definition) is 3. The van der Waals surface area contributed by atoms with Gasteiger partial charge in [-0.05, 0) is 18.1 Å². The molecule has 4 rings (SSSR count). The van der Waals surface area contributed by atoms with E-state index in [4.69, 9.17) is 17.3 Å². The fraction of sp³-hybridized carbons (Fsp3) is 0.571. The van der Waals surface area contributed by atoms with Gasteiger partial charge in [0.05, 0.1) is 5.02 Å². The van der Waals surface area contributed by atoms with Crippen molar-refractivity contribution in [3.05, 3.63) is 34.6 Å². The second kappa shape index (κ2) is 5.37. The number of hydrogen-bond donors (Lipinski definition) is 1. The van der Waals surface area contributed by atoms with Gasteiger partial charge in [-0.15, -0.1) is 0 Å². The fourth-order valence-electron chi connectivity index (χ4n) is 3.16. The predicted octanol–water partition coefficient (Wildman–Crippen LogP) is 1.35. The highest BCUT2D eigenvalue weighted by molar-refractivity contribution is 6.31. The number of benzene rings is 1. The maximum absolute atomic E-state index is 13.4. The standard InChI is InChI=1S/C14H19ClFN3/c15-14-10(2-1-3-11(14)16)8-12(17)13-9-18-4-6-19(13)7-5-18/h1-3,12-13H,4-9,17H2. The van der Waals surface area contributed by atoms with Crippen molar-refractivity contribution in [3.8, 4) is 0 Å². The number of piperazine rings is 3. The summed E-state index contributed by atoms with van der Waals surface area (Å²) in [6.45, 7) is 5.49. The molecule has 3 saturated heterocycles. The Morgan fingerprint density at radius 1 is 1.32 bits per heavy atom. The number of rotatable bonds is 3. The lowest BCUT2D eigenvalue weighted by Crippen LogP contribution is -2.66. The Morgan fingerprint density at radius 2 is 2.05 bits per heavy atom. The minimum absolute atomic E-state index is 0.00222. The Kier molecular flexibility index (Phi) is 3.76. The minimum atomic E-state index is -0.361. The van der Waals surface area contributed by atoms with E-state index in [-0.39, 0.29) is 16.9 Å². The molecule has 0 amide bonds. The van der Waals surface area contributed by atoms with E-state index < -0.39 is 0 Å². The van der Waals surface area contributed by atoms with Gasteiger partial charge in [0.1, 0.15) is 5.82 Å². The van der Waals surface area contributed by atoms with Crippen molar-refractivity contribution in [3.63, 3.8) is 0 Å². The van der Waals surface area contributed by atoms with Gasteiger partial charge in [0.2, 0.25) is 0 Å². The van der Waals surface area contributed by atoms with E-state index in [1.54, 1.807) is 6.07 Å². The summed E-state index contributed by atoms with van der Waals surface area (Å²) in [5, 5.41) is 0.217. The molecule has 3 heterocycles. The zero-order valence-electron chi connectivity index (χ0n) is 10.9. The van der Waals surface area contributed by atoms with Gasteiger partial charge in [-0.1, -0.05) is 23.7 Å². The van der Waals surface area contributed by atoms with E-state index in [0.717, 1.165) is 38.3 Å². The number of halogens is 2. The molecule has 0 spiro atoms. The van der Waals surface area contributed by atoms with E-state index in [0.29, 0.717) is 12.5 Å². The predicted molar refractivity (Wildman–Crippen MR) is 74.9 cm³/mol. The molecule has 3 nitrogen and oxygen atoms in total. The van der Waals surface area contributed by atoms with Crippen LogP contribution in [0.5, 0.6) is 0 Å². The molecule has 0 saturated carbocycles. The third kappa shape index (κ3) is 2.63. The fourth-order valence-corrected chi connectivity index (χ4v) is 3.36. The smallest absolute Gasteiger partial charge is 0.142 e. The molecule has 1 aromatic carbocycles. The minimum Gasteiger partial charge on any atom is -0.326 e. The van der Waals surface area contributed by atoms with Crippen molar-refractivity contribution in [1.29, 1.82) is 0 Å². The lowest BCUT2D eigenvalue weighted by molar-refractivity contribution is 0.00258. The summed E-state index contributed by atoms with van der Waals surface area (Å²) in [6, 6.07) is 5.31. The third-order valence-electron chi connectivity index (χ3n) is 4.30. The van der Waals surface area contributed by atoms with Crippen LogP contribution in [-0.2, 0) is 6.42 Å². The van der Waals surface area contributed by atoms with Crippen LogP contribution in [0.2, 0.25) is 5.02 Å². The highest BCUT2D eigenvalue weighted by Crippen LogP contribution is 2.24. The van der Waals surface area contributed by atoms with Crippen molar-refractivity contribution in [1.82, 2.24) is 9.80 Å². The van der Waals surface area contributed by atoms with Crippen molar-refractivity contribution < 1.29 is 4.39 Å². The summed E-state index contributed by atoms with van der Waals surface area (Å²) in [7, 11) is 0. The quantitative estimate of drug-likeness (QED) is 0.909. The Balaban J connectivity index is 1.71. The van der Waals surface area contributed by atoms with Crippen LogP contribution >= 0.6 is 11.6 Å². The number of nitrogens with two attached hydrogens (primary N) is 1. The molecular formula is C14H19ClFN3. The molecule has 2 N–H and O–H groups in total. The van der Waals surface area contributed by atoms with Crippen molar-refractivity contribution in [2.24, 2.45) is 5.73 Å². The van der Waals surface area contributed by atoms with Gasteiger partial charge in [0.25, 0.3) is 0 Å².